The summed E-state index contributed by atoms with van der Waals surface area (Å²) >= 11 is 0. The zero-order chi connectivity index (χ0) is 29.9. The first kappa shape index (κ1) is 30.8. The Balaban J connectivity index is 0.000000201. The number of hydrogen-bond acceptors (Lipinski definition) is 2. The van der Waals surface area contributed by atoms with Gasteiger partial charge in [0, 0.05) is 31.4 Å². The summed E-state index contributed by atoms with van der Waals surface area (Å²) in [7, 11) is 0. The van der Waals surface area contributed by atoms with Crippen LogP contribution in [0.4, 0.5) is 0 Å². The zero-order valence-electron chi connectivity index (χ0n) is 26.2. The second-order valence-electron chi connectivity index (χ2n) is 11.4. The van der Waals surface area contributed by atoms with Gasteiger partial charge in [-0.25, -0.2) is 9.97 Å². The fourth-order valence-corrected chi connectivity index (χ4v) is 5.62. The summed E-state index contributed by atoms with van der Waals surface area (Å²) in [5.74, 6) is 2.01. The van der Waals surface area contributed by atoms with Crippen molar-refractivity contribution < 1.29 is 0 Å². The van der Waals surface area contributed by atoms with E-state index in [4.69, 9.17) is 4.98 Å². The number of aromatic amines is 2. The van der Waals surface area contributed by atoms with Gasteiger partial charge < -0.3 is 9.97 Å². The van der Waals surface area contributed by atoms with E-state index in [-0.39, 0.29) is 0 Å². The smallest absolute Gasteiger partial charge is 0.129 e. The Morgan fingerprint density at radius 1 is 0.643 bits per heavy atom. The summed E-state index contributed by atoms with van der Waals surface area (Å²) in [4.78, 5) is 15.4. The van der Waals surface area contributed by atoms with E-state index in [1.54, 1.807) is 6.20 Å². The average Bonchev–Trinajstić information content (AvgIpc) is 3.65. The van der Waals surface area contributed by atoms with Gasteiger partial charge in [-0.2, -0.15) is 0 Å². The number of allylic oxidation sites excluding steroid dienone is 1. The minimum Gasteiger partial charge on any atom is -0.348 e. The first-order valence-corrected chi connectivity index (χ1v) is 15.2. The van der Waals surface area contributed by atoms with E-state index >= 15 is 0 Å². The number of rotatable bonds is 10. The molecule has 4 nitrogen and oxygen atoms in total. The van der Waals surface area contributed by atoms with E-state index in [2.05, 4.69) is 123 Å². The van der Waals surface area contributed by atoms with Crippen molar-refractivity contribution in [2.24, 2.45) is 0 Å². The number of aromatic nitrogens is 4. The molecule has 2 heterocycles. The van der Waals surface area contributed by atoms with Crippen LogP contribution in [0.25, 0.3) is 6.08 Å². The van der Waals surface area contributed by atoms with E-state index in [1.165, 1.54) is 56.5 Å². The van der Waals surface area contributed by atoms with Crippen LogP contribution in [0.15, 0.2) is 79.3 Å². The SMILES string of the molecule is Cc1cccc(C)c1CCCC=Cc1ncc[nH]1.Cc1cccc(C)c1CCc1nc(Cc2c(C)cccc2C)c[nH]1. The molecule has 0 aliphatic carbocycles. The van der Waals surface area contributed by atoms with Crippen molar-refractivity contribution >= 4 is 6.08 Å². The molecule has 0 fully saturated rings. The maximum absolute atomic E-state index is 4.81. The van der Waals surface area contributed by atoms with Crippen molar-refractivity contribution in [2.45, 2.75) is 80.1 Å². The number of nitrogens with one attached hydrogen (secondary N) is 2. The highest BCUT2D eigenvalue weighted by atomic mass is 14.9. The molecule has 0 bridgehead atoms. The van der Waals surface area contributed by atoms with Crippen molar-refractivity contribution in [1.82, 2.24) is 19.9 Å². The maximum atomic E-state index is 4.81. The summed E-state index contributed by atoms with van der Waals surface area (Å²) in [6.45, 7) is 13.1. The molecule has 0 unspecified atom stereocenters. The van der Waals surface area contributed by atoms with Gasteiger partial charge in [0.2, 0.25) is 0 Å². The number of unbranched alkanes of at least 4 members (excludes halogenated alkanes) is 1. The summed E-state index contributed by atoms with van der Waals surface area (Å²) < 4.78 is 0. The van der Waals surface area contributed by atoms with Crippen LogP contribution >= 0.6 is 0 Å². The Labute approximate surface area is 252 Å². The Hall–Kier alpha value is -4.18. The third-order valence-corrected chi connectivity index (χ3v) is 8.18. The van der Waals surface area contributed by atoms with E-state index < -0.39 is 0 Å². The lowest BCUT2D eigenvalue weighted by molar-refractivity contribution is 0.833. The topological polar surface area (TPSA) is 57.4 Å². The van der Waals surface area contributed by atoms with Crippen molar-refractivity contribution in [3.8, 4) is 0 Å². The number of hydrogen-bond donors (Lipinski definition) is 2. The molecular formula is C38H46N4. The minimum absolute atomic E-state index is 0.901. The lowest BCUT2D eigenvalue weighted by Gasteiger charge is -2.08. The van der Waals surface area contributed by atoms with Crippen LogP contribution in [-0.2, 0) is 25.7 Å². The van der Waals surface area contributed by atoms with E-state index in [1.807, 2.05) is 12.3 Å². The second-order valence-corrected chi connectivity index (χ2v) is 11.4. The number of H-pyrrole nitrogens is 2. The molecule has 0 radical (unpaired) electrons. The highest BCUT2D eigenvalue weighted by Gasteiger charge is 2.09. The molecule has 0 atom stereocenters. The van der Waals surface area contributed by atoms with Crippen molar-refractivity contribution in [1.29, 1.82) is 0 Å². The van der Waals surface area contributed by atoms with Crippen LogP contribution in [0.2, 0.25) is 0 Å². The summed E-state index contributed by atoms with van der Waals surface area (Å²) in [5, 5.41) is 0. The van der Waals surface area contributed by atoms with Gasteiger partial charge in [-0.3, -0.25) is 0 Å². The molecule has 4 heteroatoms. The van der Waals surface area contributed by atoms with E-state index in [9.17, 15) is 0 Å². The highest BCUT2D eigenvalue weighted by Crippen LogP contribution is 2.19. The number of imidazole rings is 2. The van der Waals surface area contributed by atoms with Gasteiger partial charge >= 0.3 is 0 Å². The van der Waals surface area contributed by atoms with E-state index in [0.717, 1.165) is 49.4 Å². The second kappa shape index (κ2) is 15.2. The van der Waals surface area contributed by atoms with Crippen LogP contribution in [0.3, 0.4) is 0 Å². The van der Waals surface area contributed by atoms with Gasteiger partial charge in [-0.1, -0.05) is 60.7 Å². The van der Waals surface area contributed by atoms with Gasteiger partial charge in [-0.05, 0) is 123 Å². The average molecular weight is 559 g/mol. The number of nitrogens with zero attached hydrogens (tertiary/aromatic N) is 2. The Morgan fingerprint density at radius 3 is 1.74 bits per heavy atom. The molecule has 2 N–H and O–H groups in total. The number of benzene rings is 3. The molecule has 5 aromatic rings. The van der Waals surface area contributed by atoms with Crippen LogP contribution in [-0.4, -0.2) is 19.9 Å². The first-order chi connectivity index (χ1) is 20.3. The van der Waals surface area contributed by atoms with Crippen molar-refractivity contribution in [2.75, 3.05) is 0 Å². The van der Waals surface area contributed by atoms with Gasteiger partial charge in [0.05, 0.1) is 5.69 Å². The Bertz CT molecular complexity index is 1530. The van der Waals surface area contributed by atoms with Gasteiger partial charge in [0.15, 0.2) is 0 Å². The molecular weight excluding hydrogens is 512 g/mol. The van der Waals surface area contributed by atoms with Crippen molar-refractivity contribution in [3.05, 3.63) is 147 Å². The maximum Gasteiger partial charge on any atom is 0.129 e. The first-order valence-electron chi connectivity index (χ1n) is 15.2. The predicted molar refractivity (Wildman–Crippen MR) is 177 cm³/mol. The lowest BCUT2D eigenvalue weighted by Crippen LogP contribution is -1.99. The lowest BCUT2D eigenvalue weighted by atomic mass is 9.98. The molecule has 0 amide bonds. The molecule has 2 aromatic heterocycles. The predicted octanol–water partition coefficient (Wildman–Crippen LogP) is 9.08. The minimum atomic E-state index is 0.901. The standard InChI is InChI=1S/C22H26N2.C16H20N2/c1-15-7-5-8-16(2)20(15)11-12-22-23-14-19(24-22)13-21-17(3)9-6-10-18(21)4;1-13-7-6-8-14(2)15(13)9-4-3-5-10-16-17-11-12-18-16/h5-10,14H,11-13H2,1-4H3,(H,23,24);5-8,10-12H,3-4,9H2,1-2H3,(H,17,18). The normalized spacial score (nSPS) is 11.1. The quantitative estimate of drug-likeness (QED) is 0.168. The van der Waals surface area contributed by atoms with Crippen molar-refractivity contribution in [3.63, 3.8) is 0 Å². The van der Waals surface area contributed by atoms with Gasteiger partial charge in [0.1, 0.15) is 11.6 Å². The largest absolute Gasteiger partial charge is 0.348 e. The third-order valence-electron chi connectivity index (χ3n) is 8.18. The summed E-state index contributed by atoms with van der Waals surface area (Å²) in [6, 6.07) is 19.5. The van der Waals surface area contributed by atoms with Crippen LogP contribution < -0.4 is 0 Å². The van der Waals surface area contributed by atoms with Crippen LogP contribution in [0, 0.1) is 41.5 Å². The molecule has 0 spiro atoms. The van der Waals surface area contributed by atoms with Gasteiger partial charge in [-0.15, -0.1) is 0 Å². The Morgan fingerprint density at radius 2 is 1.19 bits per heavy atom. The molecule has 0 saturated carbocycles. The summed E-state index contributed by atoms with van der Waals surface area (Å²) in [5.41, 5.74) is 13.7. The molecule has 5 rings (SSSR count). The third kappa shape index (κ3) is 8.66. The molecule has 3 aromatic carbocycles. The molecule has 0 aliphatic rings. The molecule has 218 valence electrons. The Kier molecular flexibility index (Phi) is 11.1. The molecule has 0 saturated heterocycles. The monoisotopic (exact) mass is 558 g/mol. The molecule has 0 aliphatic heterocycles. The van der Waals surface area contributed by atoms with Crippen LogP contribution in [0.1, 0.15) is 80.3 Å². The highest BCUT2D eigenvalue weighted by molar-refractivity contribution is 5.39. The number of aryl methyl sites for hydroxylation is 7. The zero-order valence-corrected chi connectivity index (χ0v) is 26.2. The fraction of sp³-hybridized carbons (Fsp3) is 0.316. The van der Waals surface area contributed by atoms with E-state index in [0.29, 0.717) is 0 Å². The molecule has 42 heavy (non-hydrogen) atoms. The van der Waals surface area contributed by atoms with Gasteiger partial charge in [0.25, 0.3) is 0 Å². The summed E-state index contributed by atoms with van der Waals surface area (Å²) in [6.07, 6.45) is 16.2. The van der Waals surface area contributed by atoms with Crippen LogP contribution in [0.5, 0.6) is 0 Å². The fourth-order valence-electron chi connectivity index (χ4n) is 5.62.